The minimum Gasteiger partial charge on any atom is -0.337 e. The number of unbranched alkanes of at least 4 members (excludes halogenated alkanes) is 1. The largest absolute Gasteiger partial charge is 0.337 e. The van der Waals surface area contributed by atoms with E-state index in [4.69, 9.17) is 0 Å². The van der Waals surface area contributed by atoms with E-state index in [0.717, 1.165) is 30.2 Å². The van der Waals surface area contributed by atoms with Crippen LogP contribution >= 0.6 is 0 Å². The second-order valence-electron chi connectivity index (χ2n) is 5.41. The Labute approximate surface area is 136 Å². The number of hydrogen-bond acceptors (Lipinski definition) is 3. The zero-order chi connectivity index (χ0) is 16.1. The van der Waals surface area contributed by atoms with Crippen molar-refractivity contribution >= 4 is 20.8 Å². The second kappa shape index (κ2) is 6.93. The van der Waals surface area contributed by atoms with E-state index < -0.39 is 10.0 Å². The number of imidazole rings is 1. The van der Waals surface area contributed by atoms with Crippen LogP contribution in [0, 0.1) is 0 Å². The summed E-state index contributed by atoms with van der Waals surface area (Å²) in [6.07, 6.45) is 7.09. The van der Waals surface area contributed by atoms with Crippen molar-refractivity contribution in [1.29, 1.82) is 0 Å². The van der Waals surface area contributed by atoms with Gasteiger partial charge in [0.25, 0.3) is 0 Å². The Bertz CT molecular complexity index is 874. The lowest BCUT2D eigenvalue weighted by molar-refractivity contribution is 0.566. The van der Waals surface area contributed by atoms with Crippen LogP contribution in [0.3, 0.4) is 0 Å². The fourth-order valence-electron chi connectivity index (χ4n) is 2.46. The molecular formula is C17H19N3O2S. The quantitative estimate of drug-likeness (QED) is 0.678. The molecular weight excluding hydrogens is 310 g/mol. The molecule has 0 saturated carbocycles. The molecule has 5 nitrogen and oxygen atoms in total. The summed E-state index contributed by atoms with van der Waals surface area (Å²) in [5, 5.41) is 1.96. The Morgan fingerprint density at radius 2 is 1.87 bits per heavy atom. The number of benzene rings is 2. The average molecular weight is 329 g/mol. The molecule has 0 spiro atoms. The lowest BCUT2D eigenvalue weighted by atomic mass is 10.1. The number of nitrogens with one attached hydrogen (secondary N) is 1. The van der Waals surface area contributed by atoms with Crippen LogP contribution in [0.5, 0.6) is 0 Å². The molecule has 23 heavy (non-hydrogen) atoms. The van der Waals surface area contributed by atoms with Crippen molar-refractivity contribution in [2.45, 2.75) is 24.3 Å². The highest BCUT2D eigenvalue weighted by molar-refractivity contribution is 7.89. The van der Waals surface area contributed by atoms with Gasteiger partial charge in [-0.25, -0.2) is 18.1 Å². The number of nitrogens with zero attached hydrogens (tertiary/aromatic N) is 2. The molecule has 1 N–H and O–H groups in total. The third-order valence-electron chi connectivity index (χ3n) is 3.73. The maximum Gasteiger partial charge on any atom is 0.240 e. The predicted octanol–water partition coefficient (Wildman–Crippen LogP) is 2.79. The number of sulfonamides is 1. The molecule has 0 saturated heterocycles. The molecule has 120 valence electrons. The highest BCUT2D eigenvalue weighted by Crippen LogP contribution is 2.18. The first-order valence-electron chi connectivity index (χ1n) is 7.59. The normalized spacial score (nSPS) is 11.8. The van der Waals surface area contributed by atoms with E-state index in [9.17, 15) is 8.42 Å². The van der Waals surface area contributed by atoms with Crippen molar-refractivity contribution in [2.75, 3.05) is 6.54 Å². The number of aromatic nitrogens is 2. The molecule has 0 bridgehead atoms. The average Bonchev–Trinajstić information content (AvgIpc) is 3.07. The van der Waals surface area contributed by atoms with Crippen LogP contribution < -0.4 is 4.72 Å². The first kappa shape index (κ1) is 15.7. The van der Waals surface area contributed by atoms with Gasteiger partial charge in [0.2, 0.25) is 10.0 Å². The third kappa shape index (κ3) is 3.97. The smallest absolute Gasteiger partial charge is 0.240 e. The van der Waals surface area contributed by atoms with Gasteiger partial charge in [-0.1, -0.05) is 30.3 Å². The van der Waals surface area contributed by atoms with Gasteiger partial charge >= 0.3 is 0 Å². The fourth-order valence-corrected chi connectivity index (χ4v) is 3.57. The zero-order valence-electron chi connectivity index (χ0n) is 12.7. The third-order valence-corrected chi connectivity index (χ3v) is 5.18. The van der Waals surface area contributed by atoms with Crippen LogP contribution in [0.25, 0.3) is 10.8 Å². The Balaban J connectivity index is 1.57. The van der Waals surface area contributed by atoms with Gasteiger partial charge in [0, 0.05) is 25.5 Å². The molecule has 3 aromatic rings. The standard InChI is InChI=1S/C17H19N3O2S/c21-23(22,19-9-3-4-11-20-12-10-18-14-20)17-8-7-15-5-1-2-6-16(15)13-17/h1-2,5-8,10,12-14,19H,3-4,9,11H2. The number of hydrogen-bond donors (Lipinski definition) is 1. The van der Waals surface area contributed by atoms with Gasteiger partial charge in [-0.15, -0.1) is 0 Å². The van der Waals surface area contributed by atoms with Crippen LogP contribution in [0.1, 0.15) is 12.8 Å². The summed E-state index contributed by atoms with van der Waals surface area (Å²) in [7, 11) is -3.46. The van der Waals surface area contributed by atoms with Crippen LogP contribution in [-0.2, 0) is 16.6 Å². The van der Waals surface area contributed by atoms with Crippen molar-refractivity contribution in [1.82, 2.24) is 14.3 Å². The molecule has 1 heterocycles. The van der Waals surface area contributed by atoms with E-state index in [-0.39, 0.29) is 0 Å². The number of fused-ring (bicyclic) bond motifs is 1. The molecule has 3 rings (SSSR count). The van der Waals surface area contributed by atoms with Gasteiger partial charge in [-0.2, -0.15) is 0 Å². The Morgan fingerprint density at radius 3 is 2.65 bits per heavy atom. The molecule has 0 amide bonds. The van der Waals surface area contributed by atoms with Crippen LogP contribution in [0.4, 0.5) is 0 Å². The second-order valence-corrected chi connectivity index (χ2v) is 7.18. The monoisotopic (exact) mass is 329 g/mol. The summed E-state index contributed by atoms with van der Waals surface area (Å²) in [5.41, 5.74) is 0. The van der Waals surface area contributed by atoms with Crippen LogP contribution in [-0.4, -0.2) is 24.5 Å². The number of rotatable bonds is 7. The van der Waals surface area contributed by atoms with Crippen LogP contribution in [0.2, 0.25) is 0 Å². The summed E-state index contributed by atoms with van der Waals surface area (Å²) in [4.78, 5) is 4.29. The predicted molar refractivity (Wildman–Crippen MR) is 90.6 cm³/mol. The first-order valence-corrected chi connectivity index (χ1v) is 9.08. The summed E-state index contributed by atoms with van der Waals surface area (Å²) in [6.45, 7) is 1.28. The van der Waals surface area contributed by atoms with E-state index in [1.165, 1.54) is 0 Å². The molecule has 0 aliphatic heterocycles. The van der Waals surface area contributed by atoms with E-state index in [1.807, 2.05) is 41.1 Å². The van der Waals surface area contributed by atoms with Crippen molar-refractivity contribution in [3.63, 3.8) is 0 Å². The van der Waals surface area contributed by atoms with E-state index >= 15 is 0 Å². The van der Waals surface area contributed by atoms with E-state index in [1.54, 1.807) is 24.7 Å². The van der Waals surface area contributed by atoms with Crippen molar-refractivity contribution in [2.24, 2.45) is 0 Å². The van der Waals surface area contributed by atoms with Crippen LogP contribution in [0.15, 0.2) is 66.1 Å². The molecule has 0 atom stereocenters. The van der Waals surface area contributed by atoms with E-state index in [0.29, 0.717) is 11.4 Å². The van der Waals surface area contributed by atoms with Crippen molar-refractivity contribution < 1.29 is 8.42 Å². The lowest BCUT2D eigenvalue weighted by Crippen LogP contribution is -2.25. The maximum atomic E-state index is 12.3. The molecule has 6 heteroatoms. The Hall–Kier alpha value is -2.18. The van der Waals surface area contributed by atoms with E-state index in [2.05, 4.69) is 9.71 Å². The fraction of sp³-hybridized carbons (Fsp3) is 0.235. The Morgan fingerprint density at radius 1 is 1.04 bits per heavy atom. The Kier molecular flexibility index (Phi) is 4.73. The number of aryl methyl sites for hydroxylation is 1. The highest BCUT2D eigenvalue weighted by atomic mass is 32.2. The van der Waals surface area contributed by atoms with Gasteiger partial charge in [-0.05, 0) is 35.7 Å². The molecule has 2 aromatic carbocycles. The van der Waals surface area contributed by atoms with Gasteiger partial charge in [0.15, 0.2) is 0 Å². The lowest BCUT2D eigenvalue weighted by Gasteiger charge is -2.08. The van der Waals surface area contributed by atoms with Gasteiger partial charge in [0.1, 0.15) is 0 Å². The minimum absolute atomic E-state index is 0.311. The summed E-state index contributed by atoms with van der Waals surface area (Å²) < 4.78 is 29.3. The first-order chi connectivity index (χ1) is 11.1. The van der Waals surface area contributed by atoms with Crippen molar-refractivity contribution in [3.05, 3.63) is 61.2 Å². The molecule has 0 aliphatic carbocycles. The summed E-state index contributed by atoms with van der Waals surface area (Å²) in [6, 6.07) is 12.9. The topological polar surface area (TPSA) is 64.0 Å². The molecule has 0 aliphatic rings. The molecule has 0 radical (unpaired) electrons. The SMILES string of the molecule is O=S(=O)(NCCCCn1ccnc1)c1ccc2ccccc2c1. The molecule has 0 unspecified atom stereocenters. The maximum absolute atomic E-state index is 12.3. The van der Waals surface area contributed by atoms with Gasteiger partial charge in [0.05, 0.1) is 11.2 Å². The van der Waals surface area contributed by atoms with Crippen molar-refractivity contribution in [3.8, 4) is 0 Å². The summed E-state index contributed by atoms with van der Waals surface area (Å²) in [5.74, 6) is 0. The minimum atomic E-state index is -3.46. The molecule has 0 fully saturated rings. The molecule has 1 aromatic heterocycles. The summed E-state index contributed by atoms with van der Waals surface area (Å²) >= 11 is 0. The zero-order valence-corrected chi connectivity index (χ0v) is 13.5. The van der Waals surface area contributed by atoms with Gasteiger partial charge < -0.3 is 4.57 Å². The van der Waals surface area contributed by atoms with Gasteiger partial charge in [-0.3, -0.25) is 0 Å². The highest BCUT2D eigenvalue weighted by Gasteiger charge is 2.13.